The monoisotopic (exact) mass is 388 g/mol. The van der Waals surface area contributed by atoms with Crippen molar-refractivity contribution in [3.63, 3.8) is 0 Å². The molecule has 1 amide bonds. The van der Waals surface area contributed by atoms with E-state index in [1.54, 1.807) is 15.6 Å². The molecule has 0 aliphatic rings. The fourth-order valence-corrected chi connectivity index (χ4v) is 3.38. The molecule has 0 saturated carbocycles. The fourth-order valence-electron chi connectivity index (χ4n) is 3.38. The lowest BCUT2D eigenvalue weighted by molar-refractivity contribution is 0.0921. The molecule has 0 atom stereocenters. The van der Waals surface area contributed by atoms with Gasteiger partial charge in [-0.3, -0.25) is 9.48 Å². The zero-order valence-electron chi connectivity index (χ0n) is 17.3. The maximum atomic E-state index is 13.2. The van der Waals surface area contributed by atoms with Crippen molar-refractivity contribution in [2.45, 2.75) is 33.2 Å². The zero-order valence-corrected chi connectivity index (χ0v) is 17.3. The molecule has 3 aromatic heterocycles. The quantitative estimate of drug-likeness (QED) is 0.581. The van der Waals surface area contributed by atoms with Crippen molar-refractivity contribution in [3.05, 3.63) is 59.9 Å². The molecule has 0 aliphatic heterocycles. The molecule has 29 heavy (non-hydrogen) atoms. The topological polar surface area (TPSA) is 77.6 Å². The van der Waals surface area contributed by atoms with Gasteiger partial charge in [-0.05, 0) is 52.0 Å². The molecule has 148 valence electrons. The predicted molar refractivity (Wildman–Crippen MR) is 113 cm³/mol. The van der Waals surface area contributed by atoms with Crippen LogP contribution < -0.4 is 5.32 Å². The van der Waals surface area contributed by atoms with Crippen LogP contribution >= 0.6 is 0 Å². The Morgan fingerprint density at radius 1 is 1.10 bits per heavy atom. The Kier molecular flexibility index (Phi) is 4.45. The van der Waals surface area contributed by atoms with Crippen LogP contribution in [0.5, 0.6) is 0 Å². The van der Waals surface area contributed by atoms with Crippen molar-refractivity contribution in [2.75, 3.05) is 0 Å². The maximum absolute atomic E-state index is 13.2. The number of carbonyl (C=O) groups is 1. The fraction of sp³-hybridized carbons (Fsp3) is 0.273. The highest BCUT2D eigenvalue weighted by Crippen LogP contribution is 2.29. The number of amides is 1. The number of fused-ring (bicyclic) bond motifs is 1. The van der Waals surface area contributed by atoms with Gasteiger partial charge in [0.1, 0.15) is 0 Å². The highest BCUT2D eigenvalue weighted by molar-refractivity contribution is 6.08. The van der Waals surface area contributed by atoms with Gasteiger partial charge in [-0.1, -0.05) is 18.2 Å². The van der Waals surface area contributed by atoms with Gasteiger partial charge in [0.25, 0.3) is 5.91 Å². The molecular weight excluding hydrogens is 364 g/mol. The molecule has 0 fully saturated rings. The molecule has 4 rings (SSSR count). The molecule has 0 aliphatic carbocycles. The largest absolute Gasteiger partial charge is 0.347 e. The van der Waals surface area contributed by atoms with Crippen LogP contribution in [0.3, 0.4) is 0 Å². The smallest absolute Gasteiger partial charge is 0.252 e. The Bertz CT molecular complexity index is 1200. The van der Waals surface area contributed by atoms with Crippen molar-refractivity contribution < 1.29 is 4.79 Å². The van der Waals surface area contributed by atoms with Gasteiger partial charge in [-0.25, -0.2) is 9.67 Å². The van der Waals surface area contributed by atoms with Crippen LogP contribution in [0.25, 0.3) is 28.1 Å². The second-order valence-electron chi connectivity index (χ2n) is 8.13. The summed E-state index contributed by atoms with van der Waals surface area (Å²) in [5.74, 6) is -0.149. The van der Waals surface area contributed by atoms with Gasteiger partial charge >= 0.3 is 0 Å². The maximum Gasteiger partial charge on any atom is 0.252 e. The van der Waals surface area contributed by atoms with Crippen molar-refractivity contribution >= 4 is 16.9 Å². The van der Waals surface area contributed by atoms with E-state index in [2.05, 4.69) is 10.4 Å². The second-order valence-corrected chi connectivity index (χ2v) is 8.13. The number of nitrogens with one attached hydrogen (secondary N) is 1. The van der Waals surface area contributed by atoms with E-state index in [0.29, 0.717) is 16.9 Å². The molecule has 4 aromatic rings. The van der Waals surface area contributed by atoms with Gasteiger partial charge < -0.3 is 5.32 Å². The summed E-state index contributed by atoms with van der Waals surface area (Å²) in [4.78, 5) is 18.1. The first-order valence-corrected chi connectivity index (χ1v) is 9.51. The van der Waals surface area contributed by atoms with Crippen LogP contribution in [0, 0.1) is 6.92 Å². The van der Waals surface area contributed by atoms with E-state index in [4.69, 9.17) is 10.1 Å². The number of hydrogen-bond donors (Lipinski definition) is 1. The summed E-state index contributed by atoms with van der Waals surface area (Å²) in [7, 11) is 1.86. The number of nitrogens with zero attached hydrogens (tertiary/aromatic N) is 5. The normalized spacial score (nSPS) is 11.8. The molecule has 0 radical (unpaired) electrons. The SMILES string of the molecule is Cc1nn(-c2ccccc2)c2nc(-c3ccnn3C)cc(C(=O)NC(C)(C)C)c12. The van der Waals surface area contributed by atoms with Gasteiger partial charge in [-0.15, -0.1) is 0 Å². The predicted octanol–water partition coefficient (Wildman–Crippen LogP) is 3.66. The van der Waals surface area contributed by atoms with Crippen molar-refractivity contribution in [1.29, 1.82) is 0 Å². The highest BCUT2D eigenvalue weighted by atomic mass is 16.1. The molecule has 7 heteroatoms. The Balaban J connectivity index is 2.02. The summed E-state index contributed by atoms with van der Waals surface area (Å²) in [6, 6.07) is 13.5. The minimum atomic E-state index is -0.358. The third kappa shape index (κ3) is 3.51. The molecule has 0 saturated heterocycles. The Morgan fingerprint density at radius 2 is 1.83 bits per heavy atom. The van der Waals surface area contributed by atoms with Gasteiger partial charge in [-0.2, -0.15) is 10.2 Å². The number of aromatic nitrogens is 5. The lowest BCUT2D eigenvalue weighted by Gasteiger charge is -2.21. The van der Waals surface area contributed by atoms with E-state index in [9.17, 15) is 4.79 Å². The summed E-state index contributed by atoms with van der Waals surface area (Å²) in [6.07, 6.45) is 1.72. The number of benzene rings is 1. The Morgan fingerprint density at radius 3 is 2.45 bits per heavy atom. The van der Waals surface area contributed by atoms with Crippen molar-refractivity contribution in [2.24, 2.45) is 7.05 Å². The van der Waals surface area contributed by atoms with E-state index in [1.165, 1.54) is 0 Å². The molecule has 0 spiro atoms. The summed E-state index contributed by atoms with van der Waals surface area (Å²) < 4.78 is 3.54. The van der Waals surface area contributed by atoms with Crippen LogP contribution in [0.4, 0.5) is 0 Å². The summed E-state index contributed by atoms with van der Waals surface area (Å²) >= 11 is 0. The summed E-state index contributed by atoms with van der Waals surface area (Å²) in [5.41, 5.74) is 3.99. The van der Waals surface area contributed by atoms with Crippen LogP contribution in [-0.2, 0) is 7.05 Å². The lowest BCUT2D eigenvalue weighted by Crippen LogP contribution is -2.40. The minimum absolute atomic E-state index is 0.149. The third-order valence-electron chi connectivity index (χ3n) is 4.63. The van der Waals surface area contributed by atoms with Crippen LogP contribution in [0.2, 0.25) is 0 Å². The average Bonchev–Trinajstić information content (AvgIpc) is 3.24. The van der Waals surface area contributed by atoms with Gasteiger partial charge in [0.05, 0.1) is 33.7 Å². The van der Waals surface area contributed by atoms with E-state index >= 15 is 0 Å². The summed E-state index contributed by atoms with van der Waals surface area (Å²) in [5, 5.41) is 12.8. The number of rotatable bonds is 3. The molecule has 3 heterocycles. The average molecular weight is 388 g/mol. The van der Waals surface area contributed by atoms with Crippen molar-refractivity contribution in [3.8, 4) is 17.1 Å². The first-order valence-electron chi connectivity index (χ1n) is 9.51. The first kappa shape index (κ1) is 18.9. The molecule has 0 unspecified atom stereocenters. The number of hydrogen-bond acceptors (Lipinski definition) is 4. The number of pyridine rings is 1. The van der Waals surface area contributed by atoms with E-state index in [1.807, 2.05) is 77.2 Å². The number of aryl methyl sites for hydroxylation is 2. The van der Waals surface area contributed by atoms with Crippen LogP contribution in [0.15, 0.2) is 48.7 Å². The Hall–Kier alpha value is -3.48. The minimum Gasteiger partial charge on any atom is -0.347 e. The first-order chi connectivity index (χ1) is 13.7. The van der Waals surface area contributed by atoms with Gasteiger partial charge in [0.2, 0.25) is 0 Å². The zero-order chi connectivity index (χ0) is 20.8. The lowest BCUT2D eigenvalue weighted by atomic mass is 10.0. The highest BCUT2D eigenvalue weighted by Gasteiger charge is 2.24. The standard InChI is InChI=1S/C22H24N6O/c1-14-19-16(21(29)25-22(2,3)4)13-17(18-11-12-23-27(18)5)24-20(19)28(26-14)15-9-7-6-8-10-15/h6-13H,1-5H3,(H,25,29). The summed E-state index contributed by atoms with van der Waals surface area (Å²) in [6.45, 7) is 7.80. The Labute approximate surface area is 169 Å². The van der Waals surface area contributed by atoms with Gasteiger partial charge in [0, 0.05) is 18.8 Å². The molecule has 1 aromatic carbocycles. The van der Waals surface area contributed by atoms with Crippen LogP contribution in [-0.4, -0.2) is 36.0 Å². The number of para-hydroxylation sites is 1. The molecule has 0 bridgehead atoms. The molecular formula is C22H24N6O. The molecule has 7 nitrogen and oxygen atoms in total. The second kappa shape index (κ2) is 6.84. The van der Waals surface area contributed by atoms with E-state index < -0.39 is 0 Å². The van der Waals surface area contributed by atoms with E-state index in [0.717, 1.165) is 22.5 Å². The number of carbonyl (C=O) groups excluding carboxylic acids is 1. The third-order valence-corrected chi connectivity index (χ3v) is 4.63. The van der Waals surface area contributed by atoms with Gasteiger partial charge in [0.15, 0.2) is 5.65 Å². The van der Waals surface area contributed by atoms with E-state index in [-0.39, 0.29) is 11.4 Å². The molecule has 1 N–H and O–H groups in total. The van der Waals surface area contributed by atoms with Crippen molar-refractivity contribution in [1.82, 2.24) is 29.9 Å². The van der Waals surface area contributed by atoms with Crippen LogP contribution in [0.1, 0.15) is 36.8 Å².